The Morgan fingerprint density at radius 3 is 2.42 bits per heavy atom. The summed E-state index contributed by atoms with van der Waals surface area (Å²) in [6.07, 6.45) is -4.53. The largest absolute Gasteiger partial charge is 0.488 e. The third kappa shape index (κ3) is 4.53. The molecule has 2 aromatic carbocycles. The summed E-state index contributed by atoms with van der Waals surface area (Å²) in [5.74, 6) is -0.782. The summed E-state index contributed by atoms with van der Waals surface area (Å²) in [6, 6.07) is 11.6. The molecule has 0 spiro atoms. The molecule has 2 rings (SSSR count). The van der Waals surface area contributed by atoms with Crippen LogP contribution in [0.3, 0.4) is 0 Å². The van der Waals surface area contributed by atoms with Crippen molar-refractivity contribution in [2.45, 2.75) is 12.8 Å². The number of hydrogen-bond acceptors (Lipinski definition) is 4. The van der Waals surface area contributed by atoms with Crippen LogP contribution in [0, 0.1) is 0 Å². The minimum absolute atomic E-state index is 0.00157. The van der Waals surface area contributed by atoms with E-state index in [2.05, 4.69) is 10.5 Å². The lowest BCUT2D eigenvalue weighted by atomic mass is 10.0. The van der Waals surface area contributed by atoms with E-state index in [0.29, 0.717) is 11.1 Å². The summed E-state index contributed by atoms with van der Waals surface area (Å²) in [7, 11) is 2.73. The van der Waals surface area contributed by atoms with E-state index in [-0.39, 0.29) is 18.1 Å². The van der Waals surface area contributed by atoms with Gasteiger partial charge in [-0.3, -0.25) is 4.79 Å². The highest BCUT2D eigenvalue weighted by atomic mass is 19.4. The van der Waals surface area contributed by atoms with Crippen molar-refractivity contribution in [2.75, 3.05) is 14.2 Å². The first-order valence-electron chi connectivity index (χ1n) is 7.59. The molecular weight excluding hydrogens is 349 g/mol. The Hall–Kier alpha value is -3.03. The van der Waals surface area contributed by atoms with Crippen molar-refractivity contribution in [1.82, 2.24) is 5.32 Å². The van der Waals surface area contributed by atoms with Crippen LogP contribution in [0.4, 0.5) is 13.2 Å². The number of para-hydroxylation sites is 1. The number of likely N-dealkylation sites (N-methyl/N-ethyl adjacent to an activating group) is 1. The number of nitrogens with zero attached hydrogens (tertiary/aromatic N) is 1. The van der Waals surface area contributed by atoms with Crippen molar-refractivity contribution in [2.24, 2.45) is 5.16 Å². The number of benzene rings is 2. The zero-order valence-electron chi connectivity index (χ0n) is 14.1. The van der Waals surface area contributed by atoms with E-state index in [1.807, 2.05) is 0 Å². The van der Waals surface area contributed by atoms with Gasteiger partial charge in [-0.25, -0.2) is 0 Å². The average Bonchev–Trinajstić information content (AvgIpc) is 2.63. The van der Waals surface area contributed by atoms with Gasteiger partial charge in [-0.15, -0.1) is 0 Å². The molecule has 0 atom stereocenters. The van der Waals surface area contributed by atoms with E-state index >= 15 is 0 Å². The van der Waals surface area contributed by atoms with Crippen LogP contribution in [0.1, 0.15) is 16.7 Å². The number of rotatable bonds is 6. The van der Waals surface area contributed by atoms with Gasteiger partial charge < -0.3 is 14.9 Å². The zero-order chi connectivity index (χ0) is 19.2. The highest BCUT2D eigenvalue weighted by Gasteiger charge is 2.34. The monoisotopic (exact) mass is 366 g/mol. The Bertz CT molecular complexity index is 804. The number of halogens is 3. The van der Waals surface area contributed by atoms with Gasteiger partial charge >= 0.3 is 6.18 Å². The smallest absolute Gasteiger partial charge is 0.419 e. The fourth-order valence-electron chi connectivity index (χ4n) is 2.28. The van der Waals surface area contributed by atoms with Gasteiger partial charge in [0.25, 0.3) is 5.91 Å². The van der Waals surface area contributed by atoms with E-state index in [9.17, 15) is 18.0 Å². The molecule has 0 aliphatic heterocycles. The summed E-state index contributed by atoms with van der Waals surface area (Å²) in [5, 5.41) is 6.15. The quantitative estimate of drug-likeness (QED) is 0.630. The normalized spacial score (nSPS) is 11.8. The maximum absolute atomic E-state index is 13.1. The van der Waals surface area contributed by atoms with Crippen molar-refractivity contribution in [3.05, 3.63) is 65.2 Å². The number of hydrogen-bond donors (Lipinski definition) is 1. The van der Waals surface area contributed by atoms with Crippen LogP contribution in [0.5, 0.6) is 5.75 Å². The third-order valence-corrected chi connectivity index (χ3v) is 3.47. The van der Waals surface area contributed by atoms with Gasteiger partial charge in [-0.2, -0.15) is 13.2 Å². The number of oxime groups is 1. The summed E-state index contributed by atoms with van der Waals surface area (Å²) >= 11 is 0. The topological polar surface area (TPSA) is 59.9 Å². The van der Waals surface area contributed by atoms with Crippen molar-refractivity contribution in [1.29, 1.82) is 0 Å². The molecule has 0 unspecified atom stereocenters. The standard InChI is InChI=1S/C18H17F3N2O3/c1-22-17(24)16(23-25-2)13-8-4-3-7-12(13)11-26-15-10-6-5-9-14(15)18(19,20)21/h3-10H,11H2,1-2H3,(H,22,24)/b23-16-. The molecule has 0 bridgehead atoms. The molecule has 0 saturated carbocycles. The van der Waals surface area contributed by atoms with E-state index in [0.717, 1.165) is 6.07 Å². The predicted molar refractivity (Wildman–Crippen MR) is 89.8 cm³/mol. The van der Waals surface area contributed by atoms with Gasteiger partial charge in [0.15, 0.2) is 5.71 Å². The van der Waals surface area contributed by atoms with Crippen LogP contribution in [0.2, 0.25) is 0 Å². The molecule has 1 amide bonds. The molecule has 0 heterocycles. The summed E-state index contributed by atoms with van der Waals surface area (Å²) < 4.78 is 44.6. The molecule has 0 radical (unpaired) electrons. The van der Waals surface area contributed by atoms with Crippen molar-refractivity contribution >= 4 is 11.6 Å². The van der Waals surface area contributed by atoms with Gasteiger partial charge in [-0.05, 0) is 17.7 Å². The number of nitrogens with one attached hydrogen (secondary N) is 1. The first-order chi connectivity index (χ1) is 12.4. The summed E-state index contributed by atoms with van der Waals surface area (Å²) in [4.78, 5) is 16.7. The SMILES string of the molecule is CNC(=O)/C(=N\OC)c1ccccc1COc1ccccc1C(F)(F)F. The maximum Gasteiger partial charge on any atom is 0.419 e. The lowest BCUT2D eigenvalue weighted by Gasteiger charge is -2.15. The van der Waals surface area contributed by atoms with Gasteiger partial charge in [0, 0.05) is 12.6 Å². The molecule has 5 nitrogen and oxygen atoms in total. The summed E-state index contributed by atoms with van der Waals surface area (Å²) in [6.45, 7) is -0.178. The molecule has 26 heavy (non-hydrogen) atoms. The van der Waals surface area contributed by atoms with Crippen molar-refractivity contribution in [3.8, 4) is 5.75 Å². The molecule has 2 aromatic rings. The lowest BCUT2D eigenvalue weighted by Crippen LogP contribution is -2.29. The Morgan fingerprint density at radius 1 is 1.12 bits per heavy atom. The van der Waals surface area contributed by atoms with Gasteiger partial charge in [0.05, 0.1) is 5.56 Å². The van der Waals surface area contributed by atoms with E-state index in [1.165, 1.54) is 32.4 Å². The molecule has 0 saturated heterocycles. The van der Waals surface area contributed by atoms with Crippen LogP contribution in [0.15, 0.2) is 53.7 Å². The van der Waals surface area contributed by atoms with Crippen LogP contribution in [-0.2, 0) is 22.4 Å². The first-order valence-corrected chi connectivity index (χ1v) is 7.59. The zero-order valence-corrected chi connectivity index (χ0v) is 14.1. The number of alkyl halides is 3. The first kappa shape index (κ1) is 19.3. The highest BCUT2D eigenvalue weighted by molar-refractivity contribution is 6.45. The van der Waals surface area contributed by atoms with Crippen LogP contribution < -0.4 is 10.1 Å². The van der Waals surface area contributed by atoms with Crippen molar-refractivity contribution < 1.29 is 27.5 Å². The van der Waals surface area contributed by atoms with E-state index in [4.69, 9.17) is 9.57 Å². The summed E-state index contributed by atoms with van der Waals surface area (Å²) in [5.41, 5.74) is 0.0231. The number of amides is 1. The molecule has 0 aromatic heterocycles. The van der Waals surface area contributed by atoms with Gasteiger partial charge in [0.2, 0.25) is 0 Å². The maximum atomic E-state index is 13.1. The highest BCUT2D eigenvalue weighted by Crippen LogP contribution is 2.36. The number of carbonyl (C=O) groups is 1. The lowest BCUT2D eigenvalue weighted by molar-refractivity contribution is -0.139. The van der Waals surface area contributed by atoms with Crippen LogP contribution in [0.25, 0.3) is 0 Å². The fraction of sp³-hybridized carbons (Fsp3) is 0.222. The Kier molecular flexibility index (Phi) is 6.21. The predicted octanol–water partition coefficient (Wildman–Crippen LogP) is 3.38. The second kappa shape index (κ2) is 8.37. The van der Waals surface area contributed by atoms with Crippen LogP contribution >= 0.6 is 0 Å². The third-order valence-electron chi connectivity index (χ3n) is 3.47. The van der Waals surface area contributed by atoms with Crippen LogP contribution in [-0.4, -0.2) is 25.8 Å². The van der Waals surface area contributed by atoms with Crippen molar-refractivity contribution in [3.63, 3.8) is 0 Å². The average molecular weight is 366 g/mol. The Balaban J connectivity index is 2.33. The molecule has 0 aliphatic rings. The molecular formula is C18H17F3N2O3. The molecule has 138 valence electrons. The fourth-order valence-corrected chi connectivity index (χ4v) is 2.28. The minimum Gasteiger partial charge on any atom is -0.488 e. The Morgan fingerprint density at radius 2 is 1.77 bits per heavy atom. The molecule has 8 heteroatoms. The van der Waals surface area contributed by atoms with Gasteiger partial charge in [0.1, 0.15) is 19.5 Å². The molecule has 0 aliphatic carbocycles. The minimum atomic E-state index is -4.53. The molecule has 1 N–H and O–H groups in total. The number of carbonyl (C=O) groups excluding carboxylic acids is 1. The van der Waals surface area contributed by atoms with E-state index in [1.54, 1.807) is 24.3 Å². The van der Waals surface area contributed by atoms with Gasteiger partial charge in [-0.1, -0.05) is 41.6 Å². The molecule has 0 fully saturated rings. The number of ether oxygens (including phenoxy) is 1. The Labute approximate surface area is 148 Å². The second-order valence-electron chi connectivity index (χ2n) is 5.14. The second-order valence-corrected chi connectivity index (χ2v) is 5.14. The van der Waals surface area contributed by atoms with E-state index < -0.39 is 17.6 Å².